The van der Waals surface area contributed by atoms with Crippen LogP contribution in [0.1, 0.15) is 44.4 Å². The summed E-state index contributed by atoms with van der Waals surface area (Å²) in [6, 6.07) is 7.27. The lowest BCUT2D eigenvalue weighted by Gasteiger charge is -2.22. The molecular formula is C22H26ClF3N2O. The normalized spacial score (nSPS) is 12.5. The van der Waals surface area contributed by atoms with Gasteiger partial charge in [-0.2, -0.15) is 13.2 Å². The van der Waals surface area contributed by atoms with E-state index in [2.05, 4.69) is 4.99 Å². The highest BCUT2D eigenvalue weighted by molar-refractivity contribution is 6.31. The summed E-state index contributed by atoms with van der Waals surface area (Å²) < 4.78 is 46.8. The van der Waals surface area contributed by atoms with E-state index in [1.165, 1.54) is 12.4 Å². The maximum Gasteiger partial charge on any atom is 0.420 e. The molecule has 0 bridgehead atoms. The Labute approximate surface area is 175 Å². The zero-order valence-electron chi connectivity index (χ0n) is 17.5. The number of ether oxygens (including phenoxy) is 1. The third-order valence-electron chi connectivity index (χ3n) is 4.47. The van der Waals surface area contributed by atoms with Crippen LogP contribution in [0.3, 0.4) is 0 Å². The second kappa shape index (κ2) is 8.66. The lowest BCUT2D eigenvalue weighted by atomic mass is 9.87. The second-order valence-electron chi connectivity index (χ2n) is 7.94. The summed E-state index contributed by atoms with van der Waals surface area (Å²) in [4.78, 5) is 5.96. The molecule has 2 rings (SSSR count). The van der Waals surface area contributed by atoms with Crippen LogP contribution in [0, 0.1) is 6.92 Å². The molecule has 29 heavy (non-hydrogen) atoms. The topological polar surface area (TPSA) is 24.8 Å². The van der Waals surface area contributed by atoms with Gasteiger partial charge in [0.1, 0.15) is 17.1 Å². The van der Waals surface area contributed by atoms with Crippen molar-refractivity contribution < 1.29 is 17.9 Å². The molecule has 0 saturated heterocycles. The van der Waals surface area contributed by atoms with Crippen molar-refractivity contribution in [2.24, 2.45) is 4.99 Å². The highest BCUT2D eigenvalue weighted by atomic mass is 35.5. The molecule has 0 atom stereocenters. The maximum atomic E-state index is 13.7. The number of nitrogens with zero attached hydrogens (tertiary/aromatic N) is 2. The smallest absolute Gasteiger partial charge is 0.420 e. The van der Waals surface area contributed by atoms with E-state index in [1.54, 1.807) is 37.1 Å². The Morgan fingerprint density at radius 2 is 1.76 bits per heavy atom. The predicted octanol–water partition coefficient (Wildman–Crippen LogP) is 7.37. The molecule has 0 fully saturated rings. The first-order valence-corrected chi connectivity index (χ1v) is 9.65. The zero-order chi connectivity index (χ0) is 22.0. The van der Waals surface area contributed by atoms with Crippen LogP contribution in [-0.4, -0.2) is 24.8 Å². The fourth-order valence-corrected chi connectivity index (χ4v) is 3.03. The van der Waals surface area contributed by atoms with Crippen molar-refractivity contribution in [1.29, 1.82) is 0 Å². The predicted molar refractivity (Wildman–Crippen MR) is 113 cm³/mol. The van der Waals surface area contributed by atoms with E-state index < -0.39 is 11.7 Å². The van der Waals surface area contributed by atoms with Crippen LogP contribution in [0.5, 0.6) is 11.5 Å². The van der Waals surface area contributed by atoms with Gasteiger partial charge in [-0.3, -0.25) is 0 Å². The van der Waals surface area contributed by atoms with Crippen LogP contribution in [0.4, 0.5) is 18.9 Å². The number of alkyl halides is 3. The zero-order valence-corrected chi connectivity index (χ0v) is 18.2. The molecule has 0 amide bonds. The molecule has 2 aromatic rings. The van der Waals surface area contributed by atoms with Gasteiger partial charge in [0, 0.05) is 18.6 Å². The van der Waals surface area contributed by atoms with E-state index in [-0.39, 0.29) is 16.9 Å². The van der Waals surface area contributed by atoms with Gasteiger partial charge in [-0.05, 0) is 60.7 Å². The number of hydrogen-bond acceptors (Lipinski definition) is 2. The van der Waals surface area contributed by atoms with Gasteiger partial charge in [-0.1, -0.05) is 32.4 Å². The Morgan fingerprint density at radius 3 is 2.31 bits per heavy atom. The highest BCUT2D eigenvalue weighted by Gasteiger charge is 2.35. The minimum absolute atomic E-state index is 0.247. The number of benzene rings is 2. The first-order valence-electron chi connectivity index (χ1n) is 9.27. The van der Waals surface area contributed by atoms with Crippen molar-refractivity contribution in [3.8, 4) is 11.5 Å². The minimum atomic E-state index is -4.58. The van der Waals surface area contributed by atoms with Gasteiger partial charge >= 0.3 is 6.18 Å². The van der Waals surface area contributed by atoms with Gasteiger partial charge in [0.25, 0.3) is 0 Å². The van der Waals surface area contributed by atoms with Crippen LogP contribution < -0.4 is 4.74 Å². The summed E-state index contributed by atoms with van der Waals surface area (Å²) in [6.45, 7) is 10.3. The van der Waals surface area contributed by atoms with Crippen LogP contribution in [0.15, 0.2) is 35.3 Å². The van der Waals surface area contributed by atoms with Gasteiger partial charge in [0.05, 0.1) is 12.0 Å². The summed E-state index contributed by atoms with van der Waals surface area (Å²) in [5.41, 5.74) is 0.478. The minimum Gasteiger partial charge on any atom is -0.457 e. The lowest BCUT2D eigenvalue weighted by Crippen LogP contribution is -2.14. The number of rotatable bonds is 5. The Bertz CT molecular complexity index is 902. The highest BCUT2D eigenvalue weighted by Crippen LogP contribution is 2.42. The van der Waals surface area contributed by atoms with Crippen LogP contribution in [0.2, 0.25) is 5.02 Å². The van der Waals surface area contributed by atoms with Crippen molar-refractivity contribution >= 4 is 23.6 Å². The molecule has 0 spiro atoms. The van der Waals surface area contributed by atoms with Crippen molar-refractivity contribution in [3.05, 3.63) is 52.0 Å². The van der Waals surface area contributed by atoms with Crippen LogP contribution in [-0.2, 0) is 11.6 Å². The Hall–Kier alpha value is -2.21. The molecule has 7 heteroatoms. The summed E-state index contributed by atoms with van der Waals surface area (Å²) in [5, 5.41) is 0.543. The summed E-state index contributed by atoms with van der Waals surface area (Å²) in [7, 11) is 1.80. The number of halogens is 4. The van der Waals surface area contributed by atoms with Crippen molar-refractivity contribution in [2.75, 3.05) is 13.6 Å². The molecule has 0 aromatic heterocycles. The third-order valence-corrected chi connectivity index (χ3v) is 4.80. The SMILES string of the molecule is CCN(C)/C=N\c1cc(C(F)(F)F)c(Oc2ccc(Cl)c(C(C)(C)C)c2)cc1C. The van der Waals surface area contributed by atoms with E-state index >= 15 is 0 Å². The molecule has 3 nitrogen and oxygen atoms in total. The number of hydrogen-bond donors (Lipinski definition) is 0. The first kappa shape index (κ1) is 23.1. The lowest BCUT2D eigenvalue weighted by molar-refractivity contribution is -0.138. The van der Waals surface area contributed by atoms with Crippen LogP contribution in [0.25, 0.3) is 0 Å². The van der Waals surface area contributed by atoms with E-state index in [4.69, 9.17) is 16.3 Å². The Kier molecular flexibility index (Phi) is 6.89. The monoisotopic (exact) mass is 426 g/mol. The van der Waals surface area contributed by atoms with Gasteiger partial charge in [0.15, 0.2) is 0 Å². The fourth-order valence-electron chi connectivity index (χ4n) is 2.63. The first-order chi connectivity index (χ1) is 13.3. The molecule has 158 valence electrons. The quantitative estimate of drug-likeness (QED) is 0.368. The third kappa shape index (κ3) is 5.89. The number of aliphatic imine (C=N–C) groups is 1. The molecule has 0 aliphatic carbocycles. The standard InChI is InChI=1S/C22H26ClF3N2O/c1-7-28(6)13-27-19-12-17(22(24,25)26)20(10-14(19)2)29-15-8-9-18(23)16(11-15)21(3,4)5/h8-13H,7H2,1-6H3/b27-13-. The Balaban J connectivity index is 2.50. The van der Waals surface area contributed by atoms with Crippen molar-refractivity contribution in [3.63, 3.8) is 0 Å². The van der Waals surface area contributed by atoms with Gasteiger partial charge in [-0.15, -0.1) is 0 Å². The van der Waals surface area contributed by atoms with Crippen LogP contribution >= 0.6 is 11.6 Å². The average molecular weight is 427 g/mol. The van der Waals surface area contributed by atoms with E-state index in [9.17, 15) is 13.2 Å². The number of aryl methyl sites for hydroxylation is 1. The van der Waals surface area contributed by atoms with Gasteiger partial charge < -0.3 is 9.64 Å². The molecule has 2 aromatic carbocycles. The van der Waals surface area contributed by atoms with Crippen molar-refractivity contribution in [1.82, 2.24) is 4.90 Å². The van der Waals surface area contributed by atoms with E-state index in [0.29, 0.717) is 22.9 Å². The fraction of sp³-hybridized carbons (Fsp3) is 0.409. The molecule has 0 radical (unpaired) electrons. The van der Waals surface area contributed by atoms with Crippen molar-refractivity contribution in [2.45, 2.75) is 46.2 Å². The molecule has 0 unspecified atom stereocenters. The second-order valence-corrected chi connectivity index (χ2v) is 8.35. The molecule has 0 aliphatic heterocycles. The Morgan fingerprint density at radius 1 is 1.10 bits per heavy atom. The largest absolute Gasteiger partial charge is 0.457 e. The average Bonchev–Trinajstić information content (AvgIpc) is 2.60. The van der Waals surface area contributed by atoms with Gasteiger partial charge in [0.2, 0.25) is 0 Å². The van der Waals surface area contributed by atoms with E-state index in [1.807, 2.05) is 27.7 Å². The molecule has 0 saturated carbocycles. The summed E-state index contributed by atoms with van der Waals surface area (Å²) >= 11 is 6.25. The van der Waals surface area contributed by atoms with E-state index in [0.717, 1.165) is 11.6 Å². The molecule has 0 heterocycles. The summed E-state index contributed by atoms with van der Waals surface area (Å²) in [6.07, 6.45) is -3.07. The molecule has 0 N–H and O–H groups in total. The molecule has 0 aliphatic rings. The molecular weight excluding hydrogens is 401 g/mol. The summed E-state index contributed by atoms with van der Waals surface area (Å²) in [5.74, 6) is 0.0335. The van der Waals surface area contributed by atoms with Gasteiger partial charge in [-0.25, -0.2) is 4.99 Å². The maximum absolute atomic E-state index is 13.7.